The maximum Gasteiger partial charge on any atom is 0.270 e. The Morgan fingerprint density at radius 2 is 2.08 bits per heavy atom. The number of nitrogens with zero attached hydrogens (tertiary/aromatic N) is 2. The van der Waals surface area contributed by atoms with Crippen LogP contribution in [0.2, 0.25) is 0 Å². The van der Waals surface area contributed by atoms with Crippen LogP contribution >= 0.6 is 0 Å². The highest BCUT2D eigenvalue weighted by molar-refractivity contribution is 6.31. The summed E-state index contributed by atoms with van der Waals surface area (Å²) in [6.07, 6.45) is 0.764. The summed E-state index contributed by atoms with van der Waals surface area (Å²) >= 11 is 0. The molecule has 0 fully saturated rings. The van der Waals surface area contributed by atoms with Gasteiger partial charge in [0.2, 0.25) is 0 Å². The van der Waals surface area contributed by atoms with Gasteiger partial charge in [-0.15, -0.1) is 0 Å². The number of amides is 1. The van der Waals surface area contributed by atoms with Gasteiger partial charge in [-0.2, -0.15) is 0 Å². The van der Waals surface area contributed by atoms with Gasteiger partial charge in [0.05, 0.1) is 10.6 Å². The van der Waals surface area contributed by atoms with E-state index in [4.69, 9.17) is 4.84 Å². The number of rotatable bonds is 6. The van der Waals surface area contributed by atoms with E-state index in [2.05, 4.69) is 10.5 Å². The number of non-ortho nitro benzene ring substituents is 1. The van der Waals surface area contributed by atoms with E-state index in [1.54, 1.807) is 6.07 Å². The lowest BCUT2D eigenvalue weighted by atomic mass is 10.2. The first kappa shape index (κ1) is 17.0. The Kier molecular flexibility index (Phi) is 5.50. The molecule has 2 aromatic rings. The second kappa shape index (κ2) is 7.77. The van der Waals surface area contributed by atoms with Gasteiger partial charge < -0.3 is 10.2 Å². The van der Waals surface area contributed by atoms with Gasteiger partial charge in [0.25, 0.3) is 11.6 Å². The van der Waals surface area contributed by atoms with Crippen molar-refractivity contribution in [1.29, 1.82) is 0 Å². The second-order valence-electron chi connectivity index (χ2n) is 4.55. The van der Waals surface area contributed by atoms with Crippen molar-refractivity contribution < 1.29 is 23.3 Å². The van der Waals surface area contributed by atoms with Crippen molar-refractivity contribution in [3.8, 4) is 0 Å². The predicted octanol–water partition coefficient (Wildman–Crippen LogP) is 3.01. The fraction of sp³-hybridized carbons (Fsp3) is 0.0667. The average Bonchev–Trinajstić information content (AvgIpc) is 2.54. The highest BCUT2D eigenvalue weighted by Crippen LogP contribution is 2.15. The third kappa shape index (κ3) is 4.83. The Morgan fingerprint density at radius 3 is 2.79 bits per heavy atom. The van der Waals surface area contributed by atoms with Gasteiger partial charge in [0.1, 0.15) is 24.5 Å². The number of hydrogen-bond donors (Lipinski definition) is 1. The lowest BCUT2D eigenvalue weighted by Crippen LogP contribution is -2.14. The monoisotopic (exact) mass is 335 g/mol. The number of nitro benzene ring substituents is 1. The van der Waals surface area contributed by atoms with Crippen molar-refractivity contribution in [2.45, 2.75) is 6.61 Å². The summed E-state index contributed by atoms with van der Waals surface area (Å²) in [5.74, 6) is -2.46. The van der Waals surface area contributed by atoms with Crippen LogP contribution in [0, 0.1) is 21.7 Å². The van der Waals surface area contributed by atoms with Gasteiger partial charge >= 0.3 is 0 Å². The summed E-state index contributed by atoms with van der Waals surface area (Å²) in [7, 11) is 0. The lowest BCUT2D eigenvalue weighted by Gasteiger charge is -2.03. The smallest absolute Gasteiger partial charge is 0.270 e. The zero-order valence-corrected chi connectivity index (χ0v) is 12.1. The van der Waals surface area contributed by atoms with Gasteiger partial charge in [0.15, 0.2) is 0 Å². The molecule has 7 nitrogen and oxygen atoms in total. The van der Waals surface area contributed by atoms with Crippen molar-refractivity contribution in [2.24, 2.45) is 5.16 Å². The molecular formula is C15H11F2N3O4. The summed E-state index contributed by atoms with van der Waals surface area (Å²) in [5.41, 5.74) is 0.197. The van der Waals surface area contributed by atoms with Gasteiger partial charge in [-0.25, -0.2) is 8.78 Å². The van der Waals surface area contributed by atoms with E-state index in [1.165, 1.54) is 18.2 Å². The minimum atomic E-state index is -0.922. The molecule has 0 aliphatic carbocycles. The maximum atomic E-state index is 13.3. The van der Waals surface area contributed by atoms with Crippen LogP contribution in [0.1, 0.15) is 5.56 Å². The number of nitrogens with one attached hydrogen (secondary N) is 1. The molecule has 0 atom stereocenters. The first-order valence-corrected chi connectivity index (χ1v) is 6.60. The molecule has 0 saturated heterocycles. The Hall–Kier alpha value is -3.36. The Bertz CT molecular complexity index is 796. The molecule has 2 aromatic carbocycles. The van der Waals surface area contributed by atoms with Crippen LogP contribution in [0.3, 0.4) is 0 Å². The summed E-state index contributed by atoms with van der Waals surface area (Å²) in [5, 5.41) is 16.2. The Balaban J connectivity index is 1.86. The van der Waals surface area contributed by atoms with Gasteiger partial charge in [-0.05, 0) is 17.7 Å². The molecule has 0 aromatic heterocycles. The molecule has 1 amide bonds. The van der Waals surface area contributed by atoms with Crippen molar-refractivity contribution in [3.63, 3.8) is 0 Å². The van der Waals surface area contributed by atoms with Crippen LogP contribution in [0.15, 0.2) is 47.6 Å². The zero-order chi connectivity index (χ0) is 17.5. The van der Waals surface area contributed by atoms with E-state index >= 15 is 0 Å². The van der Waals surface area contributed by atoms with Crippen LogP contribution in [0.4, 0.5) is 20.2 Å². The molecule has 24 heavy (non-hydrogen) atoms. The predicted molar refractivity (Wildman–Crippen MR) is 81.4 cm³/mol. The Morgan fingerprint density at radius 1 is 1.29 bits per heavy atom. The molecule has 0 aliphatic heterocycles. The number of halogens is 2. The van der Waals surface area contributed by atoms with Crippen LogP contribution < -0.4 is 5.32 Å². The summed E-state index contributed by atoms with van der Waals surface area (Å²) < 4.78 is 26.1. The molecule has 2 rings (SSSR count). The fourth-order valence-electron chi connectivity index (χ4n) is 1.71. The number of benzene rings is 2. The number of oxime groups is 1. The molecule has 1 N–H and O–H groups in total. The highest BCUT2D eigenvalue weighted by atomic mass is 19.1. The fourth-order valence-corrected chi connectivity index (χ4v) is 1.71. The van der Waals surface area contributed by atoms with E-state index in [9.17, 15) is 23.7 Å². The third-order valence-corrected chi connectivity index (χ3v) is 2.79. The first-order chi connectivity index (χ1) is 11.5. The normalized spacial score (nSPS) is 10.6. The average molecular weight is 335 g/mol. The summed E-state index contributed by atoms with van der Waals surface area (Å²) in [6, 6.07) is 8.42. The van der Waals surface area contributed by atoms with Crippen molar-refractivity contribution in [2.75, 3.05) is 5.32 Å². The Labute approximate surface area is 134 Å². The van der Waals surface area contributed by atoms with Crippen LogP contribution in [-0.4, -0.2) is 17.0 Å². The van der Waals surface area contributed by atoms with Crippen molar-refractivity contribution >= 4 is 23.5 Å². The molecular weight excluding hydrogens is 324 g/mol. The molecule has 0 bridgehead atoms. The van der Waals surface area contributed by atoms with Gasteiger partial charge in [-0.1, -0.05) is 17.3 Å². The first-order valence-electron chi connectivity index (χ1n) is 6.60. The van der Waals surface area contributed by atoms with Crippen molar-refractivity contribution in [1.82, 2.24) is 0 Å². The van der Waals surface area contributed by atoms with Crippen LogP contribution in [-0.2, 0) is 16.2 Å². The van der Waals surface area contributed by atoms with Gasteiger partial charge in [-0.3, -0.25) is 14.9 Å². The van der Waals surface area contributed by atoms with Crippen LogP contribution in [0.25, 0.3) is 0 Å². The SMILES string of the molecule is O=C(/C=N/OCc1cccc([N+](=O)[O-])c1)Nc1ccc(F)cc1F. The number of carbonyl (C=O) groups excluding carboxylic acids is 1. The highest BCUT2D eigenvalue weighted by Gasteiger charge is 2.07. The van der Waals surface area contributed by atoms with E-state index in [0.717, 1.165) is 18.3 Å². The molecule has 0 saturated carbocycles. The topological polar surface area (TPSA) is 93.8 Å². The second-order valence-corrected chi connectivity index (χ2v) is 4.55. The van der Waals surface area contributed by atoms with E-state index in [0.29, 0.717) is 11.6 Å². The minimum Gasteiger partial charge on any atom is -0.391 e. The number of hydrogen-bond acceptors (Lipinski definition) is 5. The molecule has 0 radical (unpaired) electrons. The molecule has 0 unspecified atom stereocenters. The standard InChI is InChI=1S/C15H11F2N3O4/c16-11-4-5-14(13(17)7-11)19-15(21)8-18-24-9-10-2-1-3-12(6-10)20(22)23/h1-8H,9H2,(H,19,21)/b18-8+. The summed E-state index contributed by atoms with van der Waals surface area (Å²) in [6.45, 7) is -0.0869. The summed E-state index contributed by atoms with van der Waals surface area (Å²) in [4.78, 5) is 26.4. The number of carbonyl (C=O) groups is 1. The lowest BCUT2D eigenvalue weighted by molar-refractivity contribution is -0.384. The molecule has 124 valence electrons. The molecule has 9 heteroatoms. The van der Waals surface area contributed by atoms with Gasteiger partial charge in [0, 0.05) is 18.2 Å². The minimum absolute atomic E-state index is 0.0869. The zero-order valence-electron chi connectivity index (χ0n) is 12.1. The van der Waals surface area contributed by atoms with E-state index in [1.807, 2.05) is 0 Å². The largest absolute Gasteiger partial charge is 0.391 e. The molecule has 0 aliphatic rings. The maximum absolute atomic E-state index is 13.3. The third-order valence-electron chi connectivity index (χ3n) is 2.79. The van der Waals surface area contributed by atoms with E-state index in [-0.39, 0.29) is 18.0 Å². The molecule has 0 heterocycles. The number of nitro groups is 1. The quantitative estimate of drug-likeness (QED) is 0.499. The molecule has 0 spiro atoms. The van der Waals surface area contributed by atoms with E-state index < -0.39 is 22.5 Å². The number of anilines is 1. The van der Waals surface area contributed by atoms with Crippen molar-refractivity contribution in [3.05, 3.63) is 69.8 Å². The van der Waals surface area contributed by atoms with Crippen LogP contribution in [0.5, 0.6) is 0 Å².